The summed E-state index contributed by atoms with van der Waals surface area (Å²) in [4.78, 5) is 14.0. The maximum Gasteiger partial charge on any atom is 0.317 e. The van der Waals surface area contributed by atoms with Crippen molar-refractivity contribution in [2.45, 2.75) is 58.0 Å². The number of rotatable bonds is 1. The molecule has 1 N–H and O–H groups in total. The minimum absolute atomic E-state index is 0.166. The smallest absolute Gasteiger partial charge is 0.317 e. The summed E-state index contributed by atoms with van der Waals surface area (Å²) < 4.78 is 0. The van der Waals surface area contributed by atoms with E-state index in [4.69, 9.17) is 0 Å². The number of nitrogens with one attached hydrogen (secondary N) is 1. The fourth-order valence-corrected chi connectivity index (χ4v) is 2.38. The number of hydrogen-bond acceptors (Lipinski definition) is 1. The summed E-state index contributed by atoms with van der Waals surface area (Å²) in [6, 6.07) is 1.04. The molecule has 2 fully saturated rings. The highest BCUT2D eigenvalue weighted by Crippen LogP contribution is 2.23. The summed E-state index contributed by atoms with van der Waals surface area (Å²) >= 11 is 0. The number of amides is 2. The van der Waals surface area contributed by atoms with Crippen molar-refractivity contribution in [2.24, 2.45) is 5.92 Å². The van der Waals surface area contributed by atoms with Gasteiger partial charge in [0.15, 0.2) is 0 Å². The molecule has 0 spiro atoms. The Balaban J connectivity index is 1.86. The van der Waals surface area contributed by atoms with E-state index in [0.29, 0.717) is 18.0 Å². The van der Waals surface area contributed by atoms with E-state index >= 15 is 0 Å². The maximum absolute atomic E-state index is 12.0. The molecule has 3 nitrogen and oxygen atoms in total. The van der Waals surface area contributed by atoms with Gasteiger partial charge in [0.05, 0.1) is 0 Å². The van der Waals surface area contributed by atoms with Crippen molar-refractivity contribution >= 4 is 6.03 Å². The van der Waals surface area contributed by atoms with E-state index < -0.39 is 0 Å². The monoisotopic (exact) mass is 210 g/mol. The van der Waals surface area contributed by atoms with Gasteiger partial charge in [-0.15, -0.1) is 0 Å². The molecule has 1 saturated heterocycles. The third-order valence-electron chi connectivity index (χ3n) is 3.81. The van der Waals surface area contributed by atoms with Crippen LogP contribution in [-0.4, -0.2) is 29.6 Å². The first-order valence-corrected chi connectivity index (χ1v) is 6.24. The van der Waals surface area contributed by atoms with Gasteiger partial charge >= 0.3 is 6.03 Å². The Bertz CT molecular complexity index is 238. The zero-order valence-corrected chi connectivity index (χ0v) is 9.83. The summed E-state index contributed by atoms with van der Waals surface area (Å²) in [6.07, 6.45) is 6.03. The van der Waals surface area contributed by atoms with Gasteiger partial charge in [0.2, 0.25) is 0 Å². The van der Waals surface area contributed by atoms with Gasteiger partial charge in [0, 0.05) is 18.6 Å². The van der Waals surface area contributed by atoms with Gasteiger partial charge in [-0.2, -0.15) is 0 Å². The van der Waals surface area contributed by atoms with Crippen LogP contribution in [0.3, 0.4) is 0 Å². The molecule has 0 bridgehead atoms. The number of piperidine rings is 1. The van der Waals surface area contributed by atoms with Crippen LogP contribution in [0.4, 0.5) is 4.79 Å². The quantitative estimate of drug-likeness (QED) is 0.708. The minimum atomic E-state index is 0.166. The Kier molecular flexibility index (Phi) is 3.17. The third-order valence-corrected chi connectivity index (χ3v) is 3.81. The van der Waals surface area contributed by atoms with Gasteiger partial charge in [0.25, 0.3) is 0 Å². The molecule has 2 unspecified atom stereocenters. The Morgan fingerprint density at radius 3 is 2.53 bits per heavy atom. The van der Waals surface area contributed by atoms with Gasteiger partial charge < -0.3 is 10.2 Å². The van der Waals surface area contributed by atoms with E-state index in [9.17, 15) is 4.79 Å². The molecule has 1 aliphatic carbocycles. The van der Waals surface area contributed by atoms with Crippen molar-refractivity contribution in [1.82, 2.24) is 10.2 Å². The average Bonchev–Trinajstić information content (AvgIpc) is 2.15. The van der Waals surface area contributed by atoms with E-state index in [0.717, 1.165) is 13.0 Å². The van der Waals surface area contributed by atoms with E-state index in [-0.39, 0.29) is 6.03 Å². The van der Waals surface area contributed by atoms with Crippen LogP contribution < -0.4 is 5.32 Å². The lowest BCUT2D eigenvalue weighted by molar-refractivity contribution is 0.130. The van der Waals surface area contributed by atoms with Gasteiger partial charge in [0.1, 0.15) is 0 Å². The number of carbonyl (C=O) groups excluding carboxylic acids is 1. The van der Waals surface area contributed by atoms with Crippen molar-refractivity contribution in [3.05, 3.63) is 0 Å². The maximum atomic E-state index is 12.0. The van der Waals surface area contributed by atoms with Crippen molar-refractivity contribution in [3.8, 4) is 0 Å². The molecule has 1 heterocycles. The largest absolute Gasteiger partial charge is 0.335 e. The summed E-state index contributed by atoms with van der Waals surface area (Å²) in [5.74, 6) is 0.661. The second kappa shape index (κ2) is 4.42. The zero-order chi connectivity index (χ0) is 10.8. The minimum Gasteiger partial charge on any atom is -0.335 e. The first-order chi connectivity index (χ1) is 7.16. The van der Waals surface area contributed by atoms with Crippen molar-refractivity contribution in [3.63, 3.8) is 0 Å². The van der Waals surface area contributed by atoms with E-state index in [1.807, 2.05) is 4.90 Å². The molecule has 86 valence electrons. The van der Waals surface area contributed by atoms with Crippen LogP contribution in [0, 0.1) is 5.92 Å². The van der Waals surface area contributed by atoms with Gasteiger partial charge in [-0.25, -0.2) is 4.79 Å². The Morgan fingerprint density at radius 2 is 1.93 bits per heavy atom. The molecule has 0 aromatic heterocycles. The van der Waals surface area contributed by atoms with Crippen molar-refractivity contribution in [2.75, 3.05) is 6.54 Å². The summed E-state index contributed by atoms with van der Waals surface area (Å²) in [5, 5.41) is 3.12. The Morgan fingerprint density at radius 1 is 1.20 bits per heavy atom. The lowest BCUT2D eigenvalue weighted by Crippen LogP contribution is -2.53. The molecule has 0 aromatic rings. The van der Waals surface area contributed by atoms with Crippen molar-refractivity contribution in [1.29, 1.82) is 0 Å². The molecule has 1 saturated carbocycles. The highest BCUT2D eigenvalue weighted by molar-refractivity contribution is 5.75. The molecule has 1 aliphatic heterocycles. The summed E-state index contributed by atoms with van der Waals surface area (Å²) in [7, 11) is 0. The Labute approximate surface area is 92.2 Å². The second-order valence-corrected chi connectivity index (χ2v) is 5.26. The van der Waals surface area contributed by atoms with Crippen LogP contribution in [0.15, 0.2) is 0 Å². The van der Waals surface area contributed by atoms with Crippen LogP contribution in [0.5, 0.6) is 0 Å². The number of urea groups is 1. The van der Waals surface area contributed by atoms with Crippen molar-refractivity contribution < 1.29 is 4.79 Å². The normalized spacial score (nSPS) is 32.3. The van der Waals surface area contributed by atoms with E-state index in [1.165, 1.54) is 25.7 Å². The zero-order valence-electron chi connectivity index (χ0n) is 9.83. The standard InChI is InChI=1S/C12H22N2O/c1-9-6-7-10(2)14(8-9)12(15)13-11-4-3-5-11/h9-11H,3-8H2,1-2H3,(H,13,15). The molecular weight excluding hydrogens is 188 g/mol. The molecule has 2 aliphatic rings. The fraction of sp³-hybridized carbons (Fsp3) is 0.917. The van der Waals surface area contributed by atoms with Crippen LogP contribution in [0.25, 0.3) is 0 Å². The first kappa shape index (κ1) is 10.8. The predicted octanol–water partition coefficient (Wildman–Crippen LogP) is 2.37. The van der Waals surface area contributed by atoms with E-state index in [2.05, 4.69) is 19.2 Å². The molecule has 2 amide bonds. The highest BCUT2D eigenvalue weighted by Gasteiger charge is 2.29. The SMILES string of the molecule is CC1CCC(C)N(C(=O)NC2CCC2)C1. The van der Waals surface area contributed by atoms with Crippen LogP contribution >= 0.6 is 0 Å². The topological polar surface area (TPSA) is 32.3 Å². The lowest BCUT2D eigenvalue weighted by atomic mass is 9.93. The van der Waals surface area contributed by atoms with Crippen LogP contribution in [0.1, 0.15) is 46.0 Å². The molecule has 2 atom stereocenters. The van der Waals surface area contributed by atoms with Crippen LogP contribution in [0.2, 0.25) is 0 Å². The molecule has 2 rings (SSSR count). The number of carbonyl (C=O) groups is 1. The summed E-state index contributed by atoms with van der Waals surface area (Å²) in [6.45, 7) is 5.32. The highest BCUT2D eigenvalue weighted by atomic mass is 16.2. The van der Waals surface area contributed by atoms with Crippen LogP contribution in [-0.2, 0) is 0 Å². The molecule has 15 heavy (non-hydrogen) atoms. The number of nitrogens with zero attached hydrogens (tertiary/aromatic N) is 1. The van der Waals surface area contributed by atoms with Gasteiger partial charge in [-0.1, -0.05) is 6.92 Å². The predicted molar refractivity (Wildman–Crippen MR) is 60.7 cm³/mol. The Hall–Kier alpha value is -0.730. The summed E-state index contributed by atoms with van der Waals surface area (Å²) in [5.41, 5.74) is 0. The lowest BCUT2D eigenvalue weighted by Gasteiger charge is -2.38. The first-order valence-electron chi connectivity index (χ1n) is 6.24. The average molecular weight is 210 g/mol. The number of likely N-dealkylation sites (tertiary alicyclic amines) is 1. The van der Waals surface area contributed by atoms with Gasteiger partial charge in [-0.05, 0) is 44.9 Å². The molecule has 0 aromatic carbocycles. The number of hydrogen-bond donors (Lipinski definition) is 1. The van der Waals surface area contributed by atoms with E-state index in [1.54, 1.807) is 0 Å². The molecular formula is C12H22N2O. The second-order valence-electron chi connectivity index (χ2n) is 5.26. The molecule has 3 heteroatoms. The van der Waals surface area contributed by atoms with Gasteiger partial charge in [-0.3, -0.25) is 0 Å². The molecule has 0 radical (unpaired) electrons. The fourth-order valence-electron chi connectivity index (χ4n) is 2.38. The third kappa shape index (κ3) is 2.44.